The SMILES string of the molecule is O=C(COc1ccc(Br)cc1Cl)NC(=S)Nc1cccc(CO)c1. The van der Waals surface area contributed by atoms with Crippen LogP contribution in [0.4, 0.5) is 5.69 Å². The molecule has 0 bridgehead atoms. The molecule has 126 valence electrons. The molecular formula is C16H14BrClN2O3S. The van der Waals surface area contributed by atoms with E-state index in [0.717, 1.165) is 10.0 Å². The van der Waals surface area contributed by atoms with E-state index in [1.54, 1.807) is 42.5 Å². The monoisotopic (exact) mass is 428 g/mol. The molecule has 3 N–H and O–H groups in total. The van der Waals surface area contributed by atoms with Crippen molar-refractivity contribution in [2.24, 2.45) is 0 Å². The predicted molar refractivity (Wildman–Crippen MR) is 101 cm³/mol. The van der Waals surface area contributed by atoms with E-state index < -0.39 is 5.91 Å². The largest absolute Gasteiger partial charge is 0.482 e. The highest BCUT2D eigenvalue weighted by molar-refractivity contribution is 9.10. The summed E-state index contributed by atoms with van der Waals surface area (Å²) in [5.41, 5.74) is 1.41. The summed E-state index contributed by atoms with van der Waals surface area (Å²) in [6, 6.07) is 12.2. The Morgan fingerprint density at radius 1 is 1.29 bits per heavy atom. The van der Waals surface area contributed by atoms with Gasteiger partial charge in [-0.1, -0.05) is 39.7 Å². The molecule has 0 saturated heterocycles. The molecule has 0 heterocycles. The first kappa shape index (κ1) is 18.7. The van der Waals surface area contributed by atoms with Crippen LogP contribution in [0.15, 0.2) is 46.9 Å². The standard InChI is InChI=1S/C16H14BrClN2O3S/c17-11-4-5-14(13(18)7-11)23-9-15(22)20-16(24)19-12-3-1-2-10(6-12)8-21/h1-7,21H,8-9H2,(H2,19,20,22,24). The van der Waals surface area contributed by atoms with Crippen LogP contribution in [0.5, 0.6) is 5.75 Å². The van der Waals surface area contributed by atoms with Gasteiger partial charge in [0.15, 0.2) is 11.7 Å². The van der Waals surface area contributed by atoms with Crippen molar-refractivity contribution in [3.8, 4) is 5.75 Å². The van der Waals surface area contributed by atoms with Crippen LogP contribution >= 0.6 is 39.7 Å². The Bertz CT molecular complexity index is 758. The van der Waals surface area contributed by atoms with Crippen LogP contribution < -0.4 is 15.4 Å². The fraction of sp³-hybridized carbons (Fsp3) is 0.125. The van der Waals surface area contributed by atoms with Crippen LogP contribution in [0.25, 0.3) is 0 Å². The molecule has 24 heavy (non-hydrogen) atoms. The quantitative estimate of drug-likeness (QED) is 0.635. The molecule has 5 nitrogen and oxygen atoms in total. The number of halogens is 2. The Labute approximate surface area is 158 Å². The molecular weight excluding hydrogens is 416 g/mol. The molecule has 1 amide bonds. The van der Waals surface area contributed by atoms with Crippen molar-refractivity contribution in [2.75, 3.05) is 11.9 Å². The number of carbonyl (C=O) groups is 1. The maximum atomic E-state index is 11.9. The maximum absolute atomic E-state index is 11.9. The maximum Gasteiger partial charge on any atom is 0.264 e. The Morgan fingerprint density at radius 3 is 2.79 bits per heavy atom. The zero-order chi connectivity index (χ0) is 17.5. The van der Waals surface area contributed by atoms with E-state index in [0.29, 0.717) is 16.5 Å². The Hall–Kier alpha value is -1.67. The highest BCUT2D eigenvalue weighted by Crippen LogP contribution is 2.27. The van der Waals surface area contributed by atoms with E-state index >= 15 is 0 Å². The van der Waals surface area contributed by atoms with E-state index in [2.05, 4.69) is 26.6 Å². The van der Waals surface area contributed by atoms with Gasteiger partial charge in [0.25, 0.3) is 5.91 Å². The summed E-state index contributed by atoms with van der Waals surface area (Å²) in [6.07, 6.45) is 0. The molecule has 0 aliphatic carbocycles. The molecule has 0 unspecified atom stereocenters. The molecule has 2 aromatic carbocycles. The third-order valence-electron chi connectivity index (χ3n) is 2.87. The predicted octanol–water partition coefficient (Wildman–Crippen LogP) is 3.49. The van der Waals surface area contributed by atoms with Gasteiger partial charge in [0, 0.05) is 10.2 Å². The van der Waals surface area contributed by atoms with Gasteiger partial charge < -0.3 is 15.2 Å². The number of nitrogens with one attached hydrogen (secondary N) is 2. The highest BCUT2D eigenvalue weighted by atomic mass is 79.9. The van der Waals surface area contributed by atoms with Crippen LogP contribution in [0.3, 0.4) is 0 Å². The summed E-state index contributed by atoms with van der Waals surface area (Å²) < 4.78 is 6.18. The summed E-state index contributed by atoms with van der Waals surface area (Å²) >= 11 is 14.4. The van der Waals surface area contributed by atoms with Gasteiger partial charge in [-0.25, -0.2) is 0 Å². The van der Waals surface area contributed by atoms with Gasteiger partial charge in [-0.15, -0.1) is 0 Å². The molecule has 0 spiro atoms. The minimum absolute atomic E-state index is 0.0730. The van der Waals surface area contributed by atoms with Crippen molar-refractivity contribution >= 4 is 56.5 Å². The van der Waals surface area contributed by atoms with Gasteiger partial charge in [0.1, 0.15) is 5.75 Å². The van der Waals surface area contributed by atoms with Crippen molar-refractivity contribution < 1.29 is 14.6 Å². The zero-order valence-corrected chi connectivity index (χ0v) is 15.5. The van der Waals surface area contributed by atoms with Crippen molar-refractivity contribution in [2.45, 2.75) is 6.61 Å². The molecule has 8 heteroatoms. The second-order valence-corrected chi connectivity index (χ2v) is 6.46. The first-order valence-electron chi connectivity index (χ1n) is 6.86. The van der Waals surface area contributed by atoms with Gasteiger partial charge in [0.2, 0.25) is 0 Å². The molecule has 0 aliphatic rings. The number of benzene rings is 2. The lowest BCUT2D eigenvalue weighted by atomic mass is 10.2. The van der Waals surface area contributed by atoms with Crippen molar-refractivity contribution in [1.82, 2.24) is 5.32 Å². The number of hydrogen-bond acceptors (Lipinski definition) is 4. The van der Waals surface area contributed by atoms with Crippen LogP contribution in [0, 0.1) is 0 Å². The van der Waals surface area contributed by atoms with E-state index in [4.69, 9.17) is 33.7 Å². The van der Waals surface area contributed by atoms with E-state index in [-0.39, 0.29) is 18.3 Å². The molecule has 2 rings (SSSR count). The number of carbonyl (C=O) groups excluding carboxylic acids is 1. The molecule has 0 aromatic heterocycles. The average molecular weight is 430 g/mol. The number of anilines is 1. The number of hydrogen-bond donors (Lipinski definition) is 3. The topological polar surface area (TPSA) is 70.6 Å². The average Bonchev–Trinajstić information content (AvgIpc) is 2.54. The van der Waals surface area contributed by atoms with Gasteiger partial charge >= 0.3 is 0 Å². The Balaban J connectivity index is 1.84. The second kappa shape index (κ2) is 8.98. The smallest absolute Gasteiger partial charge is 0.264 e. The molecule has 0 aliphatic heterocycles. The van der Waals surface area contributed by atoms with Crippen LogP contribution in [-0.4, -0.2) is 22.7 Å². The fourth-order valence-electron chi connectivity index (χ4n) is 1.81. The van der Waals surface area contributed by atoms with Gasteiger partial charge in [0.05, 0.1) is 11.6 Å². The number of thiocarbonyl (C=S) groups is 1. The molecule has 0 fully saturated rings. The third kappa shape index (κ3) is 5.76. The number of aliphatic hydroxyl groups is 1. The van der Waals surface area contributed by atoms with Crippen molar-refractivity contribution in [3.63, 3.8) is 0 Å². The van der Waals surface area contributed by atoms with E-state index in [9.17, 15) is 4.79 Å². The number of aliphatic hydroxyl groups excluding tert-OH is 1. The lowest BCUT2D eigenvalue weighted by Crippen LogP contribution is -2.37. The molecule has 0 saturated carbocycles. The summed E-state index contributed by atoms with van der Waals surface area (Å²) in [5, 5.41) is 15.0. The van der Waals surface area contributed by atoms with Crippen molar-refractivity contribution in [1.29, 1.82) is 0 Å². The second-order valence-electron chi connectivity index (χ2n) is 4.72. The lowest BCUT2D eigenvalue weighted by molar-refractivity contribution is -0.121. The number of amides is 1. The van der Waals surface area contributed by atoms with Gasteiger partial charge in [-0.2, -0.15) is 0 Å². The van der Waals surface area contributed by atoms with Crippen LogP contribution in [0.2, 0.25) is 5.02 Å². The minimum atomic E-state index is -0.412. The summed E-state index contributed by atoms with van der Waals surface area (Å²) in [5.74, 6) is -0.00524. The van der Waals surface area contributed by atoms with Gasteiger partial charge in [-0.05, 0) is 48.1 Å². The van der Waals surface area contributed by atoms with Gasteiger partial charge in [-0.3, -0.25) is 10.1 Å². The number of ether oxygens (including phenoxy) is 1. The lowest BCUT2D eigenvalue weighted by Gasteiger charge is -2.11. The molecule has 2 aromatic rings. The summed E-state index contributed by atoms with van der Waals surface area (Å²) in [7, 11) is 0. The Kier molecular flexibility index (Phi) is 6.99. The van der Waals surface area contributed by atoms with Crippen molar-refractivity contribution in [3.05, 3.63) is 57.5 Å². The van der Waals surface area contributed by atoms with Crippen LogP contribution in [-0.2, 0) is 11.4 Å². The first-order valence-corrected chi connectivity index (χ1v) is 8.44. The number of rotatable bonds is 5. The van der Waals surface area contributed by atoms with Crippen LogP contribution in [0.1, 0.15) is 5.56 Å². The highest BCUT2D eigenvalue weighted by Gasteiger charge is 2.08. The summed E-state index contributed by atoms with van der Waals surface area (Å²) in [6.45, 7) is -0.295. The summed E-state index contributed by atoms with van der Waals surface area (Å²) in [4.78, 5) is 11.9. The molecule has 0 atom stereocenters. The third-order valence-corrected chi connectivity index (χ3v) is 3.87. The normalized spacial score (nSPS) is 10.1. The zero-order valence-electron chi connectivity index (χ0n) is 12.4. The fourth-order valence-corrected chi connectivity index (χ4v) is 2.77. The first-order chi connectivity index (χ1) is 11.5. The minimum Gasteiger partial charge on any atom is -0.482 e. The Morgan fingerprint density at radius 2 is 2.08 bits per heavy atom. The van der Waals surface area contributed by atoms with E-state index in [1.807, 2.05) is 0 Å². The van der Waals surface area contributed by atoms with E-state index in [1.165, 1.54) is 0 Å². The molecule has 0 radical (unpaired) electrons.